The van der Waals surface area contributed by atoms with Gasteiger partial charge in [-0.2, -0.15) is 5.10 Å². The molecule has 2 aromatic heterocycles. The number of anilines is 1. The first-order valence-electron chi connectivity index (χ1n) is 8.82. The number of hydrogen-bond donors (Lipinski definition) is 1. The highest BCUT2D eigenvalue weighted by atomic mass is 35.5. The molecule has 0 bridgehead atoms. The summed E-state index contributed by atoms with van der Waals surface area (Å²) in [7, 11) is 3.59. The number of nitrogens with one attached hydrogen (secondary N) is 1. The Bertz CT molecular complexity index is 1100. The summed E-state index contributed by atoms with van der Waals surface area (Å²) < 4.78 is 5.25. The molecule has 28 heavy (non-hydrogen) atoms. The van der Waals surface area contributed by atoms with Gasteiger partial charge in [0.25, 0.3) is 0 Å². The number of aromatic nitrogens is 5. The number of hydrogen-bond acceptors (Lipinski definition) is 6. The van der Waals surface area contributed by atoms with Crippen molar-refractivity contribution in [3.8, 4) is 17.0 Å². The van der Waals surface area contributed by atoms with E-state index in [1.54, 1.807) is 13.3 Å². The summed E-state index contributed by atoms with van der Waals surface area (Å²) >= 11 is 5.95. The second kappa shape index (κ2) is 7.82. The van der Waals surface area contributed by atoms with Crippen molar-refractivity contribution in [2.45, 2.75) is 6.42 Å². The van der Waals surface area contributed by atoms with Gasteiger partial charge in [0, 0.05) is 36.7 Å². The van der Waals surface area contributed by atoms with Gasteiger partial charge in [0.1, 0.15) is 11.6 Å². The van der Waals surface area contributed by atoms with Gasteiger partial charge in [-0.25, -0.2) is 9.97 Å². The Balaban J connectivity index is 1.47. The zero-order valence-corrected chi connectivity index (χ0v) is 16.3. The molecule has 0 unspecified atom stereocenters. The molecule has 0 saturated carbocycles. The molecule has 1 N–H and O–H groups in total. The van der Waals surface area contributed by atoms with Crippen LogP contribution in [0, 0.1) is 0 Å². The van der Waals surface area contributed by atoms with Crippen molar-refractivity contribution in [1.29, 1.82) is 0 Å². The minimum Gasteiger partial charge on any atom is -0.497 e. The van der Waals surface area contributed by atoms with Crippen LogP contribution in [0.3, 0.4) is 0 Å². The van der Waals surface area contributed by atoms with Gasteiger partial charge < -0.3 is 14.6 Å². The van der Waals surface area contributed by atoms with Crippen LogP contribution < -0.4 is 9.64 Å². The third-order valence-corrected chi connectivity index (χ3v) is 4.70. The lowest BCUT2D eigenvalue weighted by Gasteiger charge is -2.16. The number of methoxy groups -OCH3 is 1. The molecule has 0 atom stereocenters. The minimum atomic E-state index is 0.560. The summed E-state index contributed by atoms with van der Waals surface area (Å²) in [5.41, 5.74) is 3.57. The van der Waals surface area contributed by atoms with Crippen molar-refractivity contribution in [2.75, 3.05) is 25.6 Å². The van der Waals surface area contributed by atoms with Crippen molar-refractivity contribution in [3.63, 3.8) is 0 Å². The summed E-state index contributed by atoms with van der Waals surface area (Å²) in [5.74, 6) is 2.26. The topological polar surface area (TPSA) is 79.8 Å². The molecule has 4 rings (SSSR count). The van der Waals surface area contributed by atoms with Crippen molar-refractivity contribution < 1.29 is 4.74 Å². The fourth-order valence-corrected chi connectivity index (χ4v) is 3.00. The number of benzene rings is 2. The number of rotatable bonds is 6. The molecular weight excluding hydrogens is 376 g/mol. The maximum atomic E-state index is 5.95. The van der Waals surface area contributed by atoms with Gasteiger partial charge >= 0.3 is 0 Å². The molecule has 2 aromatic carbocycles. The maximum absolute atomic E-state index is 5.95. The van der Waals surface area contributed by atoms with Gasteiger partial charge in [-0.15, -0.1) is 5.10 Å². The van der Waals surface area contributed by atoms with E-state index in [2.05, 4.69) is 25.1 Å². The van der Waals surface area contributed by atoms with Crippen LogP contribution in [0.1, 0.15) is 5.82 Å². The Morgan fingerprint density at radius 3 is 2.71 bits per heavy atom. The average Bonchev–Trinajstić information content (AvgIpc) is 3.14. The Hall–Kier alpha value is -3.19. The monoisotopic (exact) mass is 394 g/mol. The number of nitrogens with zero attached hydrogens (tertiary/aromatic N) is 5. The summed E-state index contributed by atoms with van der Waals surface area (Å²) in [6.07, 6.45) is 2.37. The smallest absolute Gasteiger partial charge is 0.245 e. The number of aromatic amines is 1. The molecule has 7 nitrogen and oxygen atoms in total. The number of ether oxygens (including phenoxy) is 1. The van der Waals surface area contributed by atoms with Crippen molar-refractivity contribution in [1.82, 2.24) is 25.1 Å². The molecule has 0 amide bonds. The van der Waals surface area contributed by atoms with Crippen LogP contribution in [0.25, 0.3) is 22.3 Å². The van der Waals surface area contributed by atoms with Crippen LogP contribution in [0.4, 0.5) is 5.95 Å². The lowest BCUT2D eigenvalue weighted by molar-refractivity contribution is 0.415. The molecule has 0 radical (unpaired) electrons. The molecule has 0 spiro atoms. The van der Waals surface area contributed by atoms with Crippen LogP contribution in [-0.4, -0.2) is 45.9 Å². The van der Waals surface area contributed by atoms with Gasteiger partial charge in [0.2, 0.25) is 5.95 Å². The van der Waals surface area contributed by atoms with E-state index in [0.29, 0.717) is 17.5 Å². The van der Waals surface area contributed by atoms with E-state index in [0.717, 1.165) is 40.3 Å². The van der Waals surface area contributed by atoms with Gasteiger partial charge in [0.05, 0.1) is 30.0 Å². The minimum absolute atomic E-state index is 0.560. The van der Waals surface area contributed by atoms with E-state index in [9.17, 15) is 0 Å². The molecule has 0 aliphatic heterocycles. The summed E-state index contributed by atoms with van der Waals surface area (Å²) in [6, 6.07) is 13.3. The van der Waals surface area contributed by atoms with Crippen molar-refractivity contribution >= 4 is 28.6 Å². The van der Waals surface area contributed by atoms with Gasteiger partial charge in [-0.3, -0.25) is 0 Å². The van der Waals surface area contributed by atoms with Crippen LogP contribution >= 0.6 is 11.6 Å². The highest BCUT2D eigenvalue weighted by Gasteiger charge is 2.10. The highest BCUT2D eigenvalue weighted by Crippen LogP contribution is 2.21. The Morgan fingerprint density at radius 1 is 1.11 bits per heavy atom. The lowest BCUT2D eigenvalue weighted by Crippen LogP contribution is -2.23. The standard InChI is InChI=1S/C20H19ClN6O/c1-27(10-9-19-23-16-8-7-15(28-2)11-17(16)24-19)20-25-18(12-22-26-20)13-3-5-14(21)6-4-13/h3-8,11-12H,9-10H2,1-2H3,(H,23,24). The molecule has 2 heterocycles. The molecule has 142 valence electrons. The summed E-state index contributed by atoms with van der Waals surface area (Å²) in [6.45, 7) is 0.697. The zero-order valence-electron chi connectivity index (χ0n) is 15.6. The normalized spacial score (nSPS) is 11.0. The summed E-state index contributed by atoms with van der Waals surface area (Å²) in [4.78, 5) is 14.5. The van der Waals surface area contributed by atoms with E-state index >= 15 is 0 Å². The number of likely N-dealkylation sites (N-methyl/N-ethyl adjacent to an activating group) is 1. The predicted molar refractivity (Wildman–Crippen MR) is 110 cm³/mol. The third-order valence-electron chi connectivity index (χ3n) is 4.45. The van der Waals surface area contributed by atoms with E-state index in [4.69, 9.17) is 16.3 Å². The average molecular weight is 395 g/mol. The summed E-state index contributed by atoms with van der Waals surface area (Å²) in [5, 5.41) is 8.93. The van der Waals surface area contributed by atoms with Crippen LogP contribution in [0.5, 0.6) is 5.75 Å². The van der Waals surface area contributed by atoms with Crippen molar-refractivity contribution in [3.05, 3.63) is 59.5 Å². The molecule has 0 aliphatic carbocycles. The fraction of sp³-hybridized carbons (Fsp3) is 0.200. The molecule has 0 aliphatic rings. The highest BCUT2D eigenvalue weighted by molar-refractivity contribution is 6.30. The molecule has 0 saturated heterocycles. The third kappa shape index (κ3) is 3.89. The van der Waals surface area contributed by atoms with Crippen LogP contribution in [0.2, 0.25) is 5.02 Å². The van der Waals surface area contributed by atoms with E-state index < -0.39 is 0 Å². The Morgan fingerprint density at radius 2 is 1.93 bits per heavy atom. The zero-order chi connectivity index (χ0) is 19.5. The number of fused-ring (bicyclic) bond motifs is 1. The Kier molecular flexibility index (Phi) is 5.08. The van der Waals surface area contributed by atoms with Crippen LogP contribution in [-0.2, 0) is 6.42 Å². The second-order valence-corrected chi connectivity index (χ2v) is 6.82. The molecule has 0 fully saturated rings. The molecule has 8 heteroatoms. The number of halogens is 1. The number of H-pyrrole nitrogens is 1. The van der Waals surface area contributed by atoms with Gasteiger partial charge in [-0.1, -0.05) is 23.7 Å². The lowest BCUT2D eigenvalue weighted by atomic mass is 10.2. The first-order valence-corrected chi connectivity index (χ1v) is 9.19. The van der Waals surface area contributed by atoms with E-state index in [1.165, 1.54) is 0 Å². The number of imidazole rings is 1. The molecule has 4 aromatic rings. The van der Waals surface area contributed by atoms with Gasteiger partial charge in [0.15, 0.2) is 0 Å². The maximum Gasteiger partial charge on any atom is 0.245 e. The molecular formula is C20H19ClN6O. The second-order valence-electron chi connectivity index (χ2n) is 6.39. The van der Waals surface area contributed by atoms with E-state index in [-0.39, 0.29) is 0 Å². The fourth-order valence-electron chi connectivity index (χ4n) is 2.88. The van der Waals surface area contributed by atoms with Gasteiger partial charge in [-0.05, 0) is 24.3 Å². The van der Waals surface area contributed by atoms with Crippen LogP contribution in [0.15, 0.2) is 48.7 Å². The quantitative estimate of drug-likeness (QED) is 0.536. The Labute approximate surface area is 167 Å². The van der Waals surface area contributed by atoms with Crippen molar-refractivity contribution in [2.24, 2.45) is 0 Å². The predicted octanol–water partition coefficient (Wildman–Crippen LogP) is 3.76. The first kappa shape index (κ1) is 18.2. The van der Waals surface area contributed by atoms with E-state index in [1.807, 2.05) is 54.4 Å². The SMILES string of the molecule is COc1ccc2nc(CCN(C)c3nncc(-c4ccc(Cl)cc4)n3)[nH]c2c1. The largest absolute Gasteiger partial charge is 0.497 e. The first-order chi connectivity index (χ1) is 13.6.